The van der Waals surface area contributed by atoms with Crippen LogP contribution in [0.15, 0.2) is 0 Å². The second-order valence-corrected chi connectivity index (χ2v) is 5.74. The summed E-state index contributed by atoms with van der Waals surface area (Å²) in [6, 6.07) is 0.279. The van der Waals surface area contributed by atoms with Crippen LogP contribution in [-0.4, -0.2) is 55.2 Å². The summed E-state index contributed by atoms with van der Waals surface area (Å²) in [5.41, 5.74) is 0. The molecule has 0 aromatic carbocycles. The summed E-state index contributed by atoms with van der Waals surface area (Å²) < 4.78 is 5.81. The molecule has 3 aliphatic rings. The van der Waals surface area contributed by atoms with Gasteiger partial charge in [-0.25, -0.2) is 4.79 Å². The Bertz CT molecular complexity index is 383. The maximum atomic E-state index is 12.2. The van der Waals surface area contributed by atoms with E-state index < -0.39 is 0 Å². The smallest absolute Gasteiger partial charge is 0.317 e. The first-order valence-corrected chi connectivity index (χ1v) is 7.10. The molecule has 6 heteroatoms. The number of fused-ring (bicyclic) bond motifs is 2. The van der Waals surface area contributed by atoms with Crippen LogP contribution in [0.1, 0.15) is 25.7 Å². The molecule has 3 rings (SSSR count). The molecule has 0 aromatic rings. The lowest BCUT2D eigenvalue weighted by Gasteiger charge is -2.33. The zero-order valence-corrected chi connectivity index (χ0v) is 11.2. The van der Waals surface area contributed by atoms with Crippen molar-refractivity contribution in [3.63, 3.8) is 0 Å². The molecule has 2 saturated heterocycles. The van der Waals surface area contributed by atoms with E-state index in [2.05, 4.69) is 10.6 Å². The molecule has 2 aliphatic heterocycles. The van der Waals surface area contributed by atoms with Gasteiger partial charge in [-0.1, -0.05) is 0 Å². The predicted octanol–water partition coefficient (Wildman–Crippen LogP) is 0.0838. The fourth-order valence-electron chi connectivity index (χ4n) is 3.12. The lowest BCUT2D eigenvalue weighted by Crippen LogP contribution is -2.51. The zero-order chi connectivity index (χ0) is 13.4. The molecule has 0 spiro atoms. The summed E-state index contributed by atoms with van der Waals surface area (Å²) in [5.74, 6) is 0.0104. The van der Waals surface area contributed by atoms with Gasteiger partial charge in [0.2, 0.25) is 5.91 Å². The van der Waals surface area contributed by atoms with Crippen LogP contribution in [0.3, 0.4) is 0 Å². The van der Waals surface area contributed by atoms with Crippen LogP contribution in [0.25, 0.3) is 0 Å². The van der Waals surface area contributed by atoms with E-state index in [1.807, 2.05) is 0 Å². The highest BCUT2D eigenvalue weighted by Gasteiger charge is 2.46. The average Bonchev–Trinajstić information content (AvgIpc) is 2.67. The highest BCUT2D eigenvalue weighted by Crippen LogP contribution is 2.32. The maximum absolute atomic E-state index is 12.2. The van der Waals surface area contributed by atoms with Crippen molar-refractivity contribution in [1.82, 2.24) is 15.5 Å². The molecule has 3 fully saturated rings. The molecule has 0 radical (unpaired) electrons. The Morgan fingerprint density at radius 3 is 2.68 bits per heavy atom. The molecule has 1 aliphatic carbocycles. The predicted molar refractivity (Wildman–Crippen MR) is 68.6 cm³/mol. The third kappa shape index (κ3) is 2.41. The van der Waals surface area contributed by atoms with Gasteiger partial charge in [-0.05, 0) is 25.7 Å². The first-order chi connectivity index (χ1) is 9.17. The second kappa shape index (κ2) is 5.00. The van der Waals surface area contributed by atoms with Crippen molar-refractivity contribution in [3.8, 4) is 0 Å². The van der Waals surface area contributed by atoms with E-state index in [-0.39, 0.29) is 30.1 Å². The van der Waals surface area contributed by atoms with E-state index in [0.717, 1.165) is 19.3 Å². The van der Waals surface area contributed by atoms with Gasteiger partial charge < -0.3 is 20.3 Å². The lowest BCUT2D eigenvalue weighted by atomic mass is 9.91. The summed E-state index contributed by atoms with van der Waals surface area (Å²) in [4.78, 5) is 25.6. The van der Waals surface area contributed by atoms with Gasteiger partial charge in [-0.2, -0.15) is 0 Å². The Balaban J connectivity index is 1.59. The van der Waals surface area contributed by atoms with Gasteiger partial charge in [0.25, 0.3) is 0 Å². The van der Waals surface area contributed by atoms with E-state index >= 15 is 0 Å². The topological polar surface area (TPSA) is 70.7 Å². The molecule has 2 bridgehead atoms. The summed E-state index contributed by atoms with van der Waals surface area (Å²) in [5, 5.41) is 5.72. The molecule has 0 aromatic heterocycles. The molecule has 3 atom stereocenters. The molecular weight excluding hydrogens is 246 g/mol. The molecule has 2 heterocycles. The minimum Gasteiger partial charge on any atom is -0.370 e. The third-order valence-electron chi connectivity index (χ3n) is 4.45. The Labute approximate surface area is 112 Å². The minimum atomic E-state index is -0.142. The Kier molecular flexibility index (Phi) is 3.35. The Morgan fingerprint density at radius 1 is 1.26 bits per heavy atom. The fraction of sp³-hybridized carbons (Fsp3) is 0.846. The van der Waals surface area contributed by atoms with Crippen molar-refractivity contribution in [1.29, 1.82) is 0 Å². The number of nitrogens with zero attached hydrogens (tertiary/aromatic N) is 1. The molecule has 6 nitrogen and oxygen atoms in total. The van der Waals surface area contributed by atoms with Crippen molar-refractivity contribution in [3.05, 3.63) is 0 Å². The molecule has 3 unspecified atom stereocenters. The Hall–Kier alpha value is -1.30. The summed E-state index contributed by atoms with van der Waals surface area (Å²) >= 11 is 0. The standard InChI is InChI=1S/C13H21N3O3/c1-14-13(18)16-6-9-5-10(11(7-16)19-9)12(17)15-8-3-2-4-8/h8-11H,2-7H2,1H3,(H,14,18)(H,15,17). The highest BCUT2D eigenvalue weighted by atomic mass is 16.5. The third-order valence-corrected chi connectivity index (χ3v) is 4.45. The van der Waals surface area contributed by atoms with E-state index in [0.29, 0.717) is 19.1 Å². The van der Waals surface area contributed by atoms with Gasteiger partial charge in [0.1, 0.15) is 0 Å². The van der Waals surface area contributed by atoms with Gasteiger partial charge in [-0.3, -0.25) is 4.79 Å². The van der Waals surface area contributed by atoms with Gasteiger partial charge in [0.05, 0.1) is 18.1 Å². The number of ether oxygens (including phenoxy) is 1. The lowest BCUT2D eigenvalue weighted by molar-refractivity contribution is -0.128. The first kappa shape index (κ1) is 12.7. The van der Waals surface area contributed by atoms with E-state index in [1.165, 1.54) is 6.42 Å². The number of nitrogens with one attached hydrogen (secondary N) is 2. The van der Waals surface area contributed by atoms with Crippen molar-refractivity contribution in [2.75, 3.05) is 20.1 Å². The molecule has 106 valence electrons. The van der Waals surface area contributed by atoms with E-state index in [9.17, 15) is 9.59 Å². The van der Waals surface area contributed by atoms with Crippen molar-refractivity contribution >= 4 is 11.9 Å². The zero-order valence-electron chi connectivity index (χ0n) is 11.2. The number of amides is 3. The van der Waals surface area contributed by atoms with Gasteiger partial charge in [0, 0.05) is 26.2 Å². The number of rotatable bonds is 2. The van der Waals surface area contributed by atoms with Crippen molar-refractivity contribution < 1.29 is 14.3 Å². The number of carbonyl (C=O) groups is 2. The van der Waals surface area contributed by atoms with Crippen molar-refractivity contribution in [2.24, 2.45) is 5.92 Å². The van der Waals surface area contributed by atoms with Crippen LogP contribution < -0.4 is 10.6 Å². The monoisotopic (exact) mass is 267 g/mol. The maximum Gasteiger partial charge on any atom is 0.317 e. The number of hydrogen-bond donors (Lipinski definition) is 2. The number of urea groups is 1. The number of carbonyl (C=O) groups excluding carboxylic acids is 2. The molecule has 3 amide bonds. The van der Waals surface area contributed by atoms with Crippen molar-refractivity contribution in [2.45, 2.75) is 43.9 Å². The second-order valence-electron chi connectivity index (χ2n) is 5.74. The van der Waals surface area contributed by atoms with E-state index in [1.54, 1.807) is 11.9 Å². The normalized spacial score (nSPS) is 33.7. The van der Waals surface area contributed by atoms with Crippen LogP contribution in [-0.2, 0) is 9.53 Å². The van der Waals surface area contributed by atoms with Crippen LogP contribution in [0, 0.1) is 5.92 Å². The quantitative estimate of drug-likeness (QED) is 0.744. The molecule has 19 heavy (non-hydrogen) atoms. The largest absolute Gasteiger partial charge is 0.370 e. The first-order valence-electron chi connectivity index (χ1n) is 7.10. The fourth-order valence-corrected chi connectivity index (χ4v) is 3.12. The number of hydrogen-bond acceptors (Lipinski definition) is 3. The van der Waals surface area contributed by atoms with Crippen LogP contribution in [0.4, 0.5) is 4.79 Å². The molecular formula is C13H21N3O3. The summed E-state index contributed by atoms with van der Waals surface area (Å²) in [6.07, 6.45) is 4.00. The van der Waals surface area contributed by atoms with Crippen LogP contribution in [0.2, 0.25) is 0 Å². The minimum absolute atomic E-state index is 0.00758. The number of likely N-dealkylation sites (tertiary alicyclic amines) is 1. The molecule has 2 N–H and O–H groups in total. The highest BCUT2D eigenvalue weighted by molar-refractivity contribution is 5.80. The van der Waals surface area contributed by atoms with Crippen LogP contribution >= 0.6 is 0 Å². The number of morpholine rings is 1. The molecule has 1 saturated carbocycles. The van der Waals surface area contributed by atoms with Gasteiger partial charge in [0.15, 0.2) is 0 Å². The van der Waals surface area contributed by atoms with Gasteiger partial charge >= 0.3 is 6.03 Å². The SMILES string of the molecule is CNC(=O)N1CC2CC(C(=O)NC3CCC3)C(C1)O2. The summed E-state index contributed by atoms with van der Waals surface area (Å²) in [7, 11) is 1.63. The van der Waals surface area contributed by atoms with E-state index in [4.69, 9.17) is 4.74 Å². The van der Waals surface area contributed by atoms with Crippen LogP contribution in [0.5, 0.6) is 0 Å². The summed E-state index contributed by atoms with van der Waals surface area (Å²) in [6.45, 7) is 1.10. The average molecular weight is 267 g/mol. The Morgan fingerprint density at radius 2 is 2.05 bits per heavy atom. The van der Waals surface area contributed by atoms with Gasteiger partial charge in [-0.15, -0.1) is 0 Å².